The summed E-state index contributed by atoms with van der Waals surface area (Å²) >= 11 is 0. The maximum atomic E-state index is 11.4. The van der Waals surface area contributed by atoms with Crippen LogP contribution in [0.15, 0.2) is 36.5 Å². The molecule has 0 aliphatic rings. The third-order valence-corrected chi connectivity index (χ3v) is 2.71. The standard InChI is InChI=1S/C14H16N2O3/c1-10(14(17)18-3)19-13-7-5-4-6-11(13)12-8-9-16(2)15-12/h4-10H,1-3H3. The maximum absolute atomic E-state index is 11.4. The van der Waals surface area contributed by atoms with Crippen LogP contribution in [-0.2, 0) is 16.6 Å². The van der Waals surface area contributed by atoms with Gasteiger partial charge in [0.1, 0.15) is 5.75 Å². The first kappa shape index (κ1) is 13.1. The smallest absolute Gasteiger partial charge is 0.346 e. The van der Waals surface area contributed by atoms with Crippen LogP contribution in [0.4, 0.5) is 0 Å². The number of benzene rings is 1. The molecule has 0 amide bonds. The molecule has 0 N–H and O–H groups in total. The molecule has 5 heteroatoms. The van der Waals surface area contributed by atoms with E-state index in [1.807, 2.05) is 43.6 Å². The van der Waals surface area contributed by atoms with Gasteiger partial charge in [0, 0.05) is 18.8 Å². The van der Waals surface area contributed by atoms with Crippen molar-refractivity contribution >= 4 is 5.97 Å². The second-order valence-electron chi connectivity index (χ2n) is 4.15. The number of hydrogen-bond donors (Lipinski definition) is 0. The Morgan fingerprint density at radius 2 is 2.05 bits per heavy atom. The van der Waals surface area contributed by atoms with Crippen molar-refractivity contribution in [2.75, 3.05) is 7.11 Å². The van der Waals surface area contributed by atoms with Gasteiger partial charge in [-0.25, -0.2) is 4.79 Å². The molecule has 2 aromatic rings. The lowest BCUT2D eigenvalue weighted by molar-refractivity contribution is -0.147. The third-order valence-electron chi connectivity index (χ3n) is 2.71. The lowest BCUT2D eigenvalue weighted by atomic mass is 10.1. The van der Waals surface area contributed by atoms with Crippen molar-refractivity contribution in [3.05, 3.63) is 36.5 Å². The van der Waals surface area contributed by atoms with Gasteiger partial charge in [-0.1, -0.05) is 12.1 Å². The van der Waals surface area contributed by atoms with Gasteiger partial charge in [0.15, 0.2) is 6.10 Å². The number of hydrogen-bond acceptors (Lipinski definition) is 4. The van der Waals surface area contributed by atoms with E-state index >= 15 is 0 Å². The number of methoxy groups -OCH3 is 1. The number of rotatable bonds is 4. The molecule has 0 saturated heterocycles. The van der Waals surface area contributed by atoms with Gasteiger partial charge >= 0.3 is 5.97 Å². The predicted octanol–water partition coefficient (Wildman–Crippen LogP) is 2.03. The first-order valence-electron chi connectivity index (χ1n) is 5.95. The van der Waals surface area contributed by atoms with E-state index in [4.69, 9.17) is 4.74 Å². The molecule has 1 heterocycles. The second kappa shape index (κ2) is 5.56. The Morgan fingerprint density at radius 3 is 2.68 bits per heavy atom. The van der Waals surface area contributed by atoms with Crippen LogP contribution in [0, 0.1) is 0 Å². The Morgan fingerprint density at radius 1 is 1.32 bits per heavy atom. The highest BCUT2D eigenvalue weighted by Gasteiger charge is 2.17. The minimum atomic E-state index is -0.658. The fourth-order valence-corrected chi connectivity index (χ4v) is 1.74. The Hall–Kier alpha value is -2.30. The van der Waals surface area contributed by atoms with Crippen molar-refractivity contribution in [2.45, 2.75) is 13.0 Å². The van der Waals surface area contributed by atoms with Crippen LogP contribution < -0.4 is 4.74 Å². The van der Waals surface area contributed by atoms with Gasteiger partial charge in [-0.2, -0.15) is 5.10 Å². The molecule has 5 nitrogen and oxygen atoms in total. The number of carbonyl (C=O) groups excluding carboxylic acids is 1. The molecule has 100 valence electrons. The van der Waals surface area contributed by atoms with Gasteiger partial charge in [0.2, 0.25) is 0 Å². The van der Waals surface area contributed by atoms with E-state index in [9.17, 15) is 4.79 Å². The minimum absolute atomic E-state index is 0.407. The second-order valence-corrected chi connectivity index (χ2v) is 4.15. The number of carbonyl (C=O) groups is 1. The third kappa shape index (κ3) is 2.93. The molecule has 0 radical (unpaired) electrons. The summed E-state index contributed by atoms with van der Waals surface area (Å²) in [6.45, 7) is 1.65. The SMILES string of the molecule is COC(=O)C(C)Oc1ccccc1-c1ccn(C)n1. The van der Waals surface area contributed by atoms with Crippen LogP contribution in [0.1, 0.15) is 6.92 Å². The molecule has 1 aromatic carbocycles. The highest BCUT2D eigenvalue weighted by molar-refractivity contribution is 5.75. The minimum Gasteiger partial charge on any atom is -0.478 e. The molecule has 0 fully saturated rings. The number of aryl methyl sites for hydroxylation is 1. The topological polar surface area (TPSA) is 53.4 Å². The zero-order valence-electron chi connectivity index (χ0n) is 11.2. The Kier molecular flexibility index (Phi) is 3.85. The van der Waals surface area contributed by atoms with Crippen LogP contribution in [0.25, 0.3) is 11.3 Å². The molecule has 0 aliphatic heterocycles. The highest BCUT2D eigenvalue weighted by Crippen LogP contribution is 2.29. The summed E-state index contributed by atoms with van der Waals surface area (Å²) in [5.74, 6) is 0.204. The molecule has 19 heavy (non-hydrogen) atoms. The van der Waals surface area contributed by atoms with Crippen LogP contribution in [0.3, 0.4) is 0 Å². The van der Waals surface area contributed by atoms with Crippen LogP contribution >= 0.6 is 0 Å². The number of aromatic nitrogens is 2. The lowest BCUT2D eigenvalue weighted by Crippen LogP contribution is -2.25. The van der Waals surface area contributed by atoms with Gasteiger partial charge in [0.05, 0.1) is 12.8 Å². The molecule has 0 aliphatic carbocycles. The Bertz CT molecular complexity index is 578. The van der Waals surface area contributed by atoms with Crippen molar-refractivity contribution in [3.63, 3.8) is 0 Å². The predicted molar refractivity (Wildman–Crippen MR) is 70.8 cm³/mol. The van der Waals surface area contributed by atoms with Gasteiger partial charge in [0.25, 0.3) is 0 Å². The van der Waals surface area contributed by atoms with E-state index in [2.05, 4.69) is 9.84 Å². The summed E-state index contributed by atoms with van der Waals surface area (Å²) in [6.07, 6.45) is 1.20. The fourth-order valence-electron chi connectivity index (χ4n) is 1.74. The van der Waals surface area contributed by atoms with Crippen molar-refractivity contribution in [2.24, 2.45) is 7.05 Å². The van der Waals surface area contributed by atoms with Crippen molar-refractivity contribution in [1.82, 2.24) is 9.78 Å². The summed E-state index contributed by atoms with van der Waals surface area (Å²) < 4.78 is 12.0. The molecular formula is C14H16N2O3. The van der Waals surface area contributed by atoms with Crippen LogP contribution in [0.2, 0.25) is 0 Å². The van der Waals surface area contributed by atoms with E-state index in [0.717, 1.165) is 11.3 Å². The summed E-state index contributed by atoms with van der Waals surface area (Å²) in [6, 6.07) is 9.36. The fraction of sp³-hybridized carbons (Fsp3) is 0.286. The summed E-state index contributed by atoms with van der Waals surface area (Å²) in [7, 11) is 3.19. The van der Waals surface area contributed by atoms with E-state index in [1.165, 1.54) is 7.11 Å². The van der Waals surface area contributed by atoms with Gasteiger partial charge in [-0.3, -0.25) is 4.68 Å². The molecule has 0 spiro atoms. The lowest BCUT2D eigenvalue weighted by Gasteiger charge is -2.14. The zero-order chi connectivity index (χ0) is 13.8. The average Bonchev–Trinajstić information content (AvgIpc) is 2.85. The molecule has 1 unspecified atom stereocenters. The van der Waals surface area contributed by atoms with Gasteiger partial charge in [-0.05, 0) is 25.1 Å². The summed E-state index contributed by atoms with van der Waals surface area (Å²) in [5, 5.41) is 4.33. The molecular weight excluding hydrogens is 244 g/mol. The molecule has 2 rings (SSSR count). The quantitative estimate of drug-likeness (QED) is 0.789. The monoisotopic (exact) mass is 260 g/mol. The van der Waals surface area contributed by atoms with Crippen LogP contribution in [-0.4, -0.2) is 29.0 Å². The Labute approximate surface area is 111 Å². The summed E-state index contributed by atoms with van der Waals surface area (Å²) in [5.41, 5.74) is 1.65. The van der Waals surface area contributed by atoms with Crippen LogP contribution in [0.5, 0.6) is 5.75 Å². The van der Waals surface area contributed by atoms with Crippen molar-refractivity contribution in [1.29, 1.82) is 0 Å². The number of nitrogens with zero attached hydrogens (tertiary/aromatic N) is 2. The number of para-hydroxylation sites is 1. The van der Waals surface area contributed by atoms with E-state index in [-0.39, 0.29) is 0 Å². The van der Waals surface area contributed by atoms with Gasteiger partial charge < -0.3 is 9.47 Å². The first-order valence-corrected chi connectivity index (χ1v) is 5.95. The zero-order valence-corrected chi connectivity index (χ0v) is 11.2. The van der Waals surface area contributed by atoms with E-state index in [0.29, 0.717) is 5.75 Å². The molecule has 1 atom stereocenters. The van der Waals surface area contributed by atoms with E-state index in [1.54, 1.807) is 11.6 Å². The largest absolute Gasteiger partial charge is 0.478 e. The number of ether oxygens (including phenoxy) is 2. The molecule has 1 aromatic heterocycles. The van der Waals surface area contributed by atoms with Crippen molar-refractivity contribution < 1.29 is 14.3 Å². The summed E-state index contributed by atoms with van der Waals surface area (Å²) in [4.78, 5) is 11.4. The number of esters is 1. The molecule has 0 saturated carbocycles. The van der Waals surface area contributed by atoms with Gasteiger partial charge in [-0.15, -0.1) is 0 Å². The normalized spacial score (nSPS) is 11.9. The average molecular weight is 260 g/mol. The molecule has 0 bridgehead atoms. The van der Waals surface area contributed by atoms with E-state index < -0.39 is 12.1 Å². The van der Waals surface area contributed by atoms with Crippen molar-refractivity contribution in [3.8, 4) is 17.0 Å². The highest BCUT2D eigenvalue weighted by atomic mass is 16.6. The Balaban J connectivity index is 2.29. The maximum Gasteiger partial charge on any atom is 0.346 e. The first-order chi connectivity index (χ1) is 9.11.